The lowest BCUT2D eigenvalue weighted by atomic mass is 10.2. The summed E-state index contributed by atoms with van der Waals surface area (Å²) in [5, 5.41) is 2.41. The summed E-state index contributed by atoms with van der Waals surface area (Å²) in [6.07, 6.45) is 3.28. The van der Waals surface area contributed by atoms with Gasteiger partial charge in [0.25, 0.3) is 10.0 Å². The van der Waals surface area contributed by atoms with Crippen LogP contribution in [0.15, 0.2) is 17.6 Å². The molecule has 0 aliphatic carbocycles. The minimum Gasteiger partial charge on any atom is -0.339 e. The van der Waals surface area contributed by atoms with Crippen molar-refractivity contribution in [3.05, 3.63) is 12.5 Å². The number of aryl methyl sites for hydroxylation is 1. The van der Waals surface area contributed by atoms with Gasteiger partial charge in [-0.2, -0.15) is 4.31 Å². The number of imide groups is 1. The summed E-state index contributed by atoms with van der Waals surface area (Å²) < 4.78 is 27.7. The van der Waals surface area contributed by atoms with Crippen LogP contribution in [0.2, 0.25) is 0 Å². The minimum absolute atomic E-state index is 0.0251. The maximum atomic E-state index is 12.4. The highest BCUT2D eigenvalue weighted by molar-refractivity contribution is 7.89. The van der Waals surface area contributed by atoms with Crippen LogP contribution >= 0.6 is 0 Å². The Bertz CT molecular complexity index is 681. The fourth-order valence-electron chi connectivity index (χ4n) is 2.60. The van der Waals surface area contributed by atoms with E-state index in [0.29, 0.717) is 6.42 Å². The fourth-order valence-corrected chi connectivity index (χ4v) is 4.06. The van der Waals surface area contributed by atoms with Gasteiger partial charge in [-0.25, -0.2) is 18.2 Å². The van der Waals surface area contributed by atoms with Gasteiger partial charge in [-0.05, 0) is 6.42 Å². The number of hydrogen-bond donors (Lipinski definition) is 1. The van der Waals surface area contributed by atoms with Crippen molar-refractivity contribution >= 4 is 22.0 Å². The Morgan fingerprint density at radius 1 is 1.38 bits per heavy atom. The number of nitrogens with one attached hydrogen (secondary N) is 1. The average Bonchev–Trinajstić information content (AvgIpc) is 3.11. The van der Waals surface area contributed by atoms with Crippen LogP contribution in [0.1, 0.15) is 6.42 Å². The summed E-state index contributed by atoms with van der Waals surface area (Å²) in [6.45, 7) is 0.348. The van der Waals surface area contributed by atoms with E-state index in [9.17, 15) is 18.0 Å². The third kappa shape index (κ3) is 2.29. The standard InChI is InChI=1S/C11H15N5O4S/c1-14-6-9(13-7-14)21(19,20)15-3-2-8(5-15)16-10(17)4-12-11(16)18/h6-8H,2-5H2,1H3,(H,12,18). The SMILES string of the molecule is Cn1cnc(S(=O)(=O)N2CCC(N3C(=O)CNC3=O)C2)c1. The fraction of sp³-hybridized carbons (Fsp3) is 0.545. The molecule has 0 spiro atoms. The van der Waals surface area contributed by atoms with E-state index >= 15 is 0 Å². The molecule has 114 valence electrons. The second-order valence-corrected chi connectivity index (χ2v) is 6.99. The van der Waals surface area contributed by atoms with E-state index in [1.807, 2.05) is 0 Å². The lowest BCUT2D eigenvalue weighted by Gasteiger charge is -2.20. The molecule has 0 radical (unpaired) electrons. The third-order valence-corrected chi connectivity index (χ3v) is 5.41. The number of aromatic nitrogens is 2. The van der Waals surface area contributed by atoms with E-state index in [1.54, 1.807) is 11.6 Å². The zero-order chi connectivity index (χ0) is 15.2. The van der Waals surface area contributed by atoms with Gasteiger partial charge in [0.1, 0.15) is 0 Å². The molecule has 2 saturated heterocycles. The van der Waals surface area contributed by atoms with Gasteiger partial charge in [0.2, 0.25) is 5.91 Å². The molecule has 21 heavy (non-hydrogen) atoms. The van der Waals surface area contributed by atoms with E-state index < -0.39 is 22.1 Å². The Labute approximate surface area is 121 Å². The summed E-state index contributed by atoms with van der Waals surface area (Å²) >= 11 is 0. The van der Waals surface area contributed by atoms with Crippen molar-refractivity contribution in [2.75, 3.05) is 19.6 Å². The summed E-state index contributed by atoms with van der Waals surface area (Å²) in [4.78, 5) is 28.2. The molecule has 1 unspecified atom stereocenters. The van der Waals surface area contributed by atoms with Gasteiger partial charge in [0.05, 0.1) is 18.9 Å². The molecular weight excluding hydrogens is 298 g/mol. The number of imidazole rings is 1. The van der Waals surface area contributed by atoms with Crippen molar-refractivity contribution in [3.63, 3.8) is 0 Å². The smallest absolute Gasteiger partial charge is 0.324 e. The van der Waals surface area contributed by atoms with Gasteiger partial charge in [0, 0.05) is 26.3 Å². The molecule has 0 bridgehead atoms. The number of sulfonamides is 1. The average molecular weight is 313 g/mol. The number of rotatable bonds is 3. The molecule has 3 heterocycles. The maximum absolute atomic E-state index is 12.4. The molecule has 0 aromatic carbocycles. The predicted octanol–water partition coefficient (Wildman–Crippen LogP) is -1.27. The maximum Gasteiger partial charge on any atom is 0.324 e. The molecule has 1 atom stereocenters. The molecular formula is C11H15N5O4S. The van der Waals surface area contributed by atoms with Crippen molar-refractivity contribution in [2.24, 2.45) is 7.05 Å². The number of amides is 3. The minimum atomic E-state index is -3.68. The van der Waals surface area contributed by atoms with Crippen LogP contribution in [0.25, 0.3) is 0 Å². The number of nitrogens with zero attached hydrogens (tertiary/aromatic N) is 4. The monoisotopic (exact) mass is 313 g/mol. The van der Waals surface area contributed by atoms with Crippen LogP contribution < -0.4 is 5.32 Å². The zero-order valence-electron chi connectivity index (χ0n) is 11.4. The third-order valence-electron chi connectivity index (χ3n) is 3.65. The summed E-state index contributed by atoms with van der Waals surface area (Å²) in [6, 6.07) is -0.874. The Hall–Kier alpha value is -1.94. The van der Waals surface area contributed by atoms with Crippen LogP contribution in [-0.2, 0) is 21.9 Å². The molecule has 3 rings (SSSR count). The Morgan fingerprint density at radius 2 is 2.14 bits per heavy atom. The van der Waals surface area contributed by atoms with E-state index in [2.05, 4.69) is 10.3 Å². The van der Waals surface area contributed by atoms with Crippen molar-refractivity contribution in [3.8, 4) is 0 Å². The Balaban J connectivity index is 1.78. The zero-order valence-corrected chi connectivity index (χ0v) is 12.2. The lowest BCUT2D eigenvalue weighted by Crippen LogP contribution is -2.42. The topological polar surface area (TPSA) is 105 Å². The molecule has 10 heteroatoms. The highest BCUT2D eigenvalue weighted by atomic mass is 32.2. The van der Waals surface area contributed by atoms with Gasteiger partial charge in [0.15, 0.2) is 5.03 Å². The predicted molar refractivity (Wildman–Crippen MR) is 70.6 cm³/mol. The van der Waals surface area contributed by atoms with Crippen LogP contribution in [0, 0.1) is 0 Å². The quantitative estimate of drug-likeness (QED) is 0.701. The van der Waals surface area contributed by atoms with E-state index in [4.69, 9.17) is 0 Å². The molecule has 1 aromatic rings. The van der Waals surface area contributed by atoms with Gasteiger partial charge >= 0.3 is 6.03 Å². The normalized spacial score (nSPS) is 23.9. The van der Waals surface area contributed by atoms with Crippen molar-refractivity contribution in [1.29, 1.82) is 0 Å². The summed E-state index contributed by atoms with van der Waals surface area (Å²) in [7, 11) is -2.00. The van der Waals surface area contributed by atoms with Crippen molar-refractivity contribution in [1.82, 2.24) is 24.1 Å². The highest BCUT2D eigenvalue weighted by Crippen LogP contribution is 2.23. The lowest BCUT2D eigenvalue weighted by molar-refractivity contribution is -0.126. The molecule has 1 aromatic heterocycles. The van der Waals surface area contributed by atoms with Gasteiger partial charge < -0.3 is 9.88 Å². The first-order valence-corrected chi connectivity index (χ1v) is 7.91. The molecule has 3 amide bonds. The van der Waals surface area contributed by atoms with E-state index in [1.165, 1.54) is 16.8 Å². The molecule has 2 aliphatic rings. The number of urea groups is 1. The largest absolute Gasteiger partial charge is 0.339 e. The summed E-state index contributed by atoms with van der Waals surface area (Å²) in [5.74, 6) is -0.318. The Morgan fingerprint density at radius 3 is 2.71 bits per heavy atom. The first-order valence-electron chi connectivity index (χ1n) is 6.47. The second kappa shape index (κ2) is 4.81. The van der Waals surface area contributed by atoms with Crippen LogP contribution in [0.4, 0.5) is 4.79 Å². The Kier molecular flexibility index (Phi) is 3.21. The first-order chi connectivity index (χ1) is 9.89. The number of hydrogen-bond acceptors (Lipinski definition) is 5. The van der Waals surface area contributed by atoms with Crippen molar-refractivity contribution in [2.45, 2.75) is 17.5 Å². The van der Waals surface area contributed by atoms with E-state index in [-0.39, 0.29) is 30.6 Å². The molecule has 9 nitrogen and oxygen atoms in total. The number of carbonyl (C=O) groups is 2. The highest BCUT2D eigenvalue weighted by Gasteiger charge is 2.42. The van der Waals surface area contributed by atoms with Crippen LogP contribution in [0.3, 0.4) is 0 Å². The van der Waals surface area contributed by atoms with Crippen LogP contribution in [-0.4, -0.2) is 64.8 Å². The van der Waals surface area contributed by atoms with Crippen LogP contribution in [0.5, 0.6) is 0 Å². The molecule has 2 aliphatic heterocycles. The van der Waals surface area contributed by atoms with Gasteiger partial charge in [-0.1, -0.05) is 0 Å². The van der Waals surface area contributed by atoms with Gasteiger partial charge in [-0.3, -0.25) is 9.69 Å². The number of carbonyl (C=O) groups excluding carboxylic acids is 2. The van der Waals surface area contributed by atoms with Crippen molar-refractivity contribution < 1.29 is 18.0 Å². The summed E-state index contributed by atoms with van der Waals surface area (Å²) in [5.41, 5.74) is 0. The molecule has 2 fully saturated rings. The van der Waals surface area contributed by atoms with Gasteiger partial charge in [-0.15, -0.1) is 0 Å². The molecule has 0 saturated carbocycles. The van der Waals surface area contributed by atoms with E-state index in [0.717, 1.165) is 4.90 Å². The molecule has 1 N–H and O–H groups in total. The first kappa shape index (κ1) is 14.0. The second-order valence-electron chi connectivity index (χ2n) is 5.11.